The van der Waals surface area contributed by atoms with Crippen molar-refractivity contribution in [2.75, 3.05) is 6.54 Å². The molecule has 0 aromatic carbocycles. The van der Waals surface area contributed by atoms with E-state index >= 15 is 0 Å². The molecule has 2 rings (SSSR count). The van der Waals surface area contributed by atoms with Crippen LogP contribution < -0.4 is 5.73 Å². The Morgan fingerprint density at radius 1 is 1.64 bits per heavy atom. The molecule has 1 atom stereocenters. The Morgan fingerprint density at radius 3 is 3.21 bits per heavy atom. The molecule has 0 aliphatic heterocycles. The standard InChI is InChI=1S/C9H13N3OS/c10-2-1-8(13)5-7-6-12-3-4-14-9(12)11-7/h3-4,6,8,13H,1-2,5,10H2. The van der Waals surface area contributed by atoms with Crippen LogP contribution in [0, 0.1) is 0 Å². The summed E-state index contributed by atoms with van der Waals surface area (Å²) < 4.78 is 1.97. The summed E-state index contributed by atoms with van der Waals surface area (Å²) >= 11 is 1.59. The van der Waals surface area contributed by atoms with Gasteiger partial charge in [-0.2, -0.15) is 0 Å². The van der Waals surface area contributed by atoms with Crippen LogP contribution in [-0.2, 0) is 6.42 Å². The summed E-state index contributed by atoms with van der Waals surface area (Å²) in [6.07, 6.45) is 4.76. The zero-order valence-corrected chi connectivity index (χ0v) is 8.57. The van der Waals surface area contributed by atoms with Crippen molar-refractivity contribution in [3.05, 3.63) is 23.5 Å². The molecule has 4 nitrogen and oxygen atoms in total. The van der Waals surface area contributed by atoms with E-state index < -0.39 is 0 Å². The second-order valence-electron chi connectivity index (χ2n) is 3.26. The first kappa shape index (κ1) is 9.64. The second kappa shape index (κ2) is 4.08. The van der Waals surface area contributed by atoms with Crippen LogP contribution in [0.25, 0.3) is 4.96 Å². The van der Waals surface area contributed by atoms with E-state index in [1.165, 1.54) is 0 Å². The smallest absolute Gasteiger partial charge is 0.193 e. The largest absolute Gasteiger partial charge is 0.393 e. The molecule has 5 heteroatoms. The molecular weight excluding hydrogens is 198 g/mol. The lowest BCUT2D eigenvalue weighted by molar-refractivity contribution is 0.166. The van der Waals surface area contributed by atoms with Crippen molar-refractivity contribution in [3.8, 4) is 0 Å². The van der Waals surface area contributed by atoms with E-state index in [4.69, 9.17) is 5.73 Å². The summed E-state index contributed by atoms with van der Waals surface area (Å²) in [5, 5.41) is 11.5. The summed E-state index contributed by atoms with van der Waals surface area (Å²) in [5.41, 5.74) is 6.28. The molecule has 0 aliphatic rings. The Labute approximate surface area is 86.0 Å². The molecule has 0 saturated carbocycles. The number of aliphatic hydroxyl groups is 1. The van der Waals surface area contributed by atoms with Gasteiger partial charge in [0.1, 0.15) is 0 Å². The molecule has 1 unspecified atom stereocenters. The van der Waals surface area contributed by atoms with E-state index in [2.05, 4.69) is 4.98 Å². The molecule has 0 fully saturated rings. The molecule has 2 aromatic heterocycles. The fourth-order valence-corrected chi connectivity index (χ4v) is 2.13. The van der Waals surface area contributed by atoms with Crippen LogP contribution in [0.4, 0.5) is 0 Å². The quantitative estimate of drug-likeness (QED) is 0.780. The number of hydrogen-bond acceptors (Lipinski definition) is 4. The van der Waals surface area contributed by atoms with Crippen molar-refractivity contribution in [2.45, 2.75) is 18.9 Å². The highest BCUT2D eigenvalue weighted by molar-refractivity contribution is 7.15. The third-order valence-corrected chi connectivity index (χ3v) is 2.86. The minimum absolute atomic E-state index is 0.371. The van der Waals surface area contributed by atoms with E-state index in [1.807, 2.05) is 22.2 Å². The summed E-state index contributed by atoms with van der Waals surface area (Å²) in [6, 6.07) is 0. The highest BCUT2D eigenvalue weighted by Gasteiger charge is 2.08. The average Bonchev–Trinajstić information content (AvgIpc) is 2.63. The van der Waals surface area contributed by atoms with Crippen molar-refractivity contribution < 1.29 is 5.11 Å². The summed E-state index contributed by atoms with van der Waals surface area (Å²) in [7, 11) is 0. The second-order valence-corrected chi connectivity index (χ2v) is 4.13. The molecule has 0 bridgehead atoms. The van der Waals surface area contributed by atoms with Crippen LogP contribution in [0.5, 0.6) is 0 Å². The Morgan fingerprint density at radius 2 is 2.50 bits per heavy atom. The summed E-state index contributed by atoms with van der Waals surface area (Å²) in [5.74, 6) is 0. The first-order chi connectivity index (χ1) is 6.79. The Hall–Kier alpha value is -0.910. The third kappa shape index (κ3) is 1.95. The van der Waals surface area contributed by atoms with Gasteiger partial charge in [0, 0.05) is 24.2 Å². The average molecular weight is 211 g/mol. The maximum atomic E-state index is 9.54. The number of hydrogen-bond donors (Lipinski definition) is 2. The van der Waals surface area contributed by atoms with Gasteiger partial charge in [0.25, 0.3) is 0 Å². The predicted octanol–water partition coefficient (Wildman–Crippen LogP) is 0.648. The van der Waals surface area contributed by atoms with Crippen molar-refractivity contribution >= 4 is 16.3 Å². The Bertz CT molecular complexity index is 380. The molecule has 2 aromatic rings. The molecule has 0 aliphatic carbocycles. The maximum Gasteiger partial charge on any atom is 0.193 e. The number of nitrogens with zero attached hydrogens (tertiary/aromatic N) is 2. The molecule has 3 N–H and O–H groups in total. The van der Waals surface area contributed by atoms with E-state index in [0.29, 0.717) is 19.4 Å². The highest BCUT2D eigenvalue weighted by atomic mass is 32.1. The summed E-state index contributed by atoms with van der Waals surface area (Å²) in [6.45, 7) is 0.517. The van der Waals surface area contributed by atoms with Gasteiger partial charge in [-0.15, -0.1) is 11.3 Å². The first-order valence-corrected chi connectivity index (χ1v) is 5.47. The number of nitrogens with two attached hydrogens (primary N) is 1. The predicted molar refractivity (Wildman–Crippen MR) is 56.5 cm³/mol. The zero-order valence-electron chi connectivity index (χ0n) is 7.76. The lowest BCUT2D eigenvalue weighted by atomic mass is 10.1. The molecule has 2 heterocycles. The first-order valence-electron chi connectivity index (χ1n) is 4.59. The van der Waals surface area contributed by atoms with Crippen LogP contribution in [0.3, 0.4) is 0 Å². The van der Waals surface area contributed by atoms with Crippen LogP contribution in [0.15, 0.2) is 17.8 Å². The normalized spacial score (nSPS) is 13.6. The van der Waals surface area contributed by atoms with Gasteiger partial charge in [-0.1, -0.05) is 0 Å². The van der Waals surface area contributed by atoms with E-state index in [0.717, 1.165) is 10.7 Å². The van der Waals surface area contributed by atoms with Gasteiger partial charge in [-0.3, -0.25) is 4.40 Å². The van der Waals surface area contributed by atoms with E-state index in [1.54, 1.807) is 11.3 Å². The van der Waals surface area contributed by atoms with Crippen LogP contribution in [-0.4, -0.2) is 27.1 Å². The number of aromatic nitrogens is 2. The molecule has 0 amide bonds. The van der Waals surface area contributed by atoms with Crippen molar-refractivity contribution in [1.29, 1.82) is 0 Å². The number of fused-ring (bicyclic) bond motifs is 1. The van der Waals surface area contributed by atoms with Crippen molar-refractivity contribution in [2.24, 2.45) is 5.73 Å². The third-order valence-electron chi connectivity index (χ3n) is 2.09. The van der Waals surface area contributed by atoms with Gasteiger partial charge in [-0.05, 0) is 13.0 Å². The van der Waals surface area contributed by atoms with Gasteiger partial charge in [0.2, 0.25) is 0 Å². The minimum Gasteiger partial charge on any atom is -0.393 e. The SMILES string of the molecule is NCCC(O)Cc1cn2ccsc2n1. The van der Waals surface area contributed by atoms with Gasteiger partial charge in [-0.25, -0.2) is 4.98 Å². The van der Waals surface area contributed by atoms with E-state index in [9.17, 15) is 5.11 Å². The number of thiazole rings is 1. The number of imidazole rings is 1. The molecular formula is C9H13N3OS. The van der Waals surface area contributed by atoms with E-state index in [-0.39, 0.29) is 6.10 Å². The van der Waals surface area contributed by atoms with Gasteiger partial charge in [0.05, 0.1) is 11.8 Å². The lowest BCUT2D eigenvalue weighted by Gasteiger charge is -2.05. The Kier molecular flexibility index (Phi) is 2.81. The molecule has 14 heavy (non-hydrogen) atoms. The fraction of sp³-hybridized carbons (Fsp3) is 0.444. The minimum atomic E-state index is -0.371. The topological polar surface area (TPSA) is 63.5 Å². The van der Waals surface area contributed by atoms with Gasteiger partial charge >= 0.3 is 0 Å². The van der Waals surface area contributed by atoms with Crippen LogP contribution in [0.2, 0.25) is 0 Å². The lowest BCUT2D eigenvalue weighted by Crippen LogP contribution is -2.16. The Balaban J connectivity index is 2.08. The summed E-state index contributed by atoms with van der Waals surface area (Å²) in [4.78, 5) is 5.35. The maximum absolute atomic E-state index is 9.54. The van der Waals surface area contributed by atoms with Gasteiger partial charge in [0.15, 0.2) is 4.96 Å². The van der Waals surface area contributed by atoms with Crippen LogP contribution >= 0.6 is 11.3 Å². The number of aliphatic hydroxyl groups excluding tert-OH is 1. The van der Waals surface area contributed by atoms with Crippen molar-refractivity contribution in [1.82, 2.24) is 9.38 Å². The number of rotatable bonds is 4. The van der Waals surface area contributed by atoms with Crippen molar-refractivity contribution in [3.63, 3.8) is 0 Å². The molecule has 76 valence electrons. The fourth-order valence-electron chi connectivity index (χ4n) is 1.41. The van der Waals surface area contributed by atoms with Crippen LogP contribution in [0.1, 0.15) is 12.1 Å². The zero-order chi connectivity index (χ0) is 9.97. The van der Waals surface area contributed by atoms with Gasteiger partial charge < -0.3 is 10.8 Å². The molecule has 0 spiro atoms. The molecule has 0 radical (unpaired) electrons. The monoisotopic (exact) mass is 211 g/mol. The highest BCUT2D eigenvalue weighted by Crippen LogP contribution is 2.12. The molecule has 0 saturated heterocycles.